The Labute approximate surface area is 101 Å². The number of carbonyl (C=O) groups excluding carboxylic acids is 2. The molecule has 1 unspecified atom stereocenters. The van der Waals surface area contributed by atoms with E-state index in [1.165, 1.54) is 30.2 Å². The second-order valence-corrected chi connectivity index (χ2v) is 4.69. The highest BCUT2D eigenvalue weighted by atomic mass is 32.2. The number of fused-ring (bicyclic) bond motifs is 1. The number of allylic oxidation sites excluding steroid dienone is 4. The summed E-state index contributed by atoms with van der Waals surface area (Å²) in [5.41, 5.74) is 0.694. The van der Waals surface area contributed by atoms with Crippen LogP contribution < -0.4 is 0 Å². The van der Waals surface area contributed by atoms with E-state index in [9.17, 15) is 9.59 Å². The predicted octanol–water partition coefficient (Wildman–Crippen LogP) is 2.00. The molecule has 4 nitrogen and oxygen atoms in total. The van der Waals surface area contributed by atoms with Crippen molar-refractivity contribution >= 4 is 29.0 Å². The lowest BCUT2D eigenvalue weighted by Crippen LogP contribution is -2.11. The van der Waals surface area contributed by atoms with Crippen molar-refractivity contribution in [1.82, 2.24) is 0 Å². The maximum atomic E-state index is 12.0. The molecule has 0 bridgehead atoms. The molecule has 0 spiro atoms. The van der Waals surface area contributed by atoms with Crippen LogP contribution in [0.1, 0.15) is 10.6 Å². The van der Waals surface area contributed by atoms with E-state index in [-0.39, 0.29) is 11.6 Å². The lowest BCUT2D eigenvalue weighted by molar-refractivity contribution is -0.110. The molecule has 3 rings (SSSR count). The van der Waals surface area contributed by atoms with Gasteiger partial charge in [-0.1, -0.05) is 11.8 Å². The summed E-state index contributed by atoms with van der Waals surface area (Å²) < 4.78 is 5.05. The van der Waals surface area contributed by atoms with E-state index >= 15 is 0 Å². The number of nitrogens with zero attached hydrogens (tertiary/aromatic N) is 1. The molecule has 1 aliphatic heterocycles. The Morgan fingerprint density at radius 3 is 3.06 bits per heavy atom. The molecule has 2 aliphatic rings. The molecule has 0 radical (unpaired) electrons. The fraction of sp³-hybridized carbons (Fsp3) is 0.0833. The maximum Gasteiger partial charge on any atom is 0.232 e. The van der Waals surface area contributed by atoms with E-state index in [1.807, 2.05) is 0 Å². The van der Waals surface area contributed by atoms with Crippen LogP contribution in [0.4, 0.5) is 0 Å². The van der Waals surface area contributed by atoms with Gasteiger partial charge >= 0.3 is 0 Å². The molecule has 0 fully saturated rings. The molecular formula is C12H7NO3S. The van der Waals surface area contributed by atoms with E-state index < -0.39 is 5.37 Å². The first-order chi connectivity index (χ1) is 8.24. The van der Waals surface area contributed by atoms with Gasteiger partial charge in [-0.2, -0.15) is 0 Å². The van der Waals surface area contributed by atoms with Gasteiger partial charge in [0.15, 0.2) is 16.9 Å². The monoisotopic (exact) mass is 245 g/mol. The Balaban J connectivity index is 1.88. The minimum Gasteiger partial charge on any atom is -0.461 e. The van der Waals surface area contributed by atoms with Crippen molar-refractivity contribution in [2.45, 2.75) is 5.37 Å². The molecule has 5 heteroatoms. The Morgan fingerprint density at radius 2 is 2.29 bits per heavy atom. The highest BCUT2D eigenvalue weighted by Gasteiger charge is 2.31. The molecular weight excluding hydrogens is 238 g/mol. The first kappa shape index (κ1) is 10.3. The Morgan fingerprint density at radius 1 is 1.41 bits per heavy atom. The van der Waals surface area contributed by atoms with Crippen LogP contribution in [0.5, 0.6) is 0 Å². The summed E-state index contributed by atoms with van der Waals surface area (Å²) in [4.78, 5) is 28.2. The van der Waals surface area contributed by atoms with Crippen molar-refractivity contribution in [3.63, 3.8) is 0 Å². The molecule has 1 aliphatic carbocycles. The fourth-order valence-corrected chi connectivity index (χ4v) is 2.68. The van der Waals surface area contributed by atoms with Crippen LogP contribution in [-0.2, 0) is 4.79 Å². The van der Waals surface area contributed by atoms with Crippen LogP contribution >= 0.6 is 11.8 Å². The van der Waals surface area contributed by atoms with Crippen LogP contribution in [0.3, 0.4) is 0 Å². The zero-order chi connectivity index (χ0) is 11.8. The van der Waals surface area contributed by atoms with Gasteiger partial charge in [0, 0.05) is 11.0 Å². The Kier molecular flexibility index (Phi) is 2.33. The minimum atomic E-state index is -0.544. The molecule has 17 heavy (non-hydrogen) atoms. The first-order valence-electron chi connectivity index (χ1n) is 5.00. The summed E-state index contributed by atoms with van der Waals surface area (Å²) >= 11 is 1.28. The average molecular weight is 245 g/mol. The van der Waals surface area contributed by atoms with E-state index in [1.54, 1.807) is 18.2 Å². The third kappa shape index (κ3) is 1.78. The number of hydrogen-bond acceptors (Lipinski definition) is 5. The molecule has 0 saturated carbocycles. The second kappa shape index (κ2) is 3.85. The molecule has 2 heterocycles. The molecule has 0 amide bonds. The topological polar surface area (TPSA) is 59.6 Å². The average Bonchev–Trinajstić information content (AvgIpc) is 2.96. The zero-order valence-corrected chi connectivity index (χ0v) is 9.44. The van der Waals surface area contributed by atoms with Gasteiger partial charge in [0.25, 0.3) is 0 Å². The van der Waals surface area contributed by atoms with Gasteiger partial charge in [0.2, 0.25) is 5.78 Å². The van der Waals surface area contributed by atoms with E-state index in [4.69, 9.17) is 4.42 Å². The SMILES string of the molecule is O=C1C=CC2=NC(C(=O)c3ccco3)SC2=C1. The Hall–Kier alpha value is -1.88. The van der Waals surface area contributed by atoms with Crippen LogP contribution in [-0.4, -0.2) is 22.7 Å². The van der Waals surface area contributed by atoms with Crippen LogP contribution in [0.2, 0.25) is 0 Å². The number of Topliss-reactive ketones (excluding diaryl/α,β-unsaturated/α-hetero) is 1. The minimum absolute atomic E-state index is 0.0717. The van der Waals surface area contributed by atoms with Crippen LogP contribution in [0.25, 0.3) is 0 Å². The highest BCUT2D eigenvalue weighted by molar-refractivity contribution is 8.05. The van der Waals surface area contributed by atoms with Crippen LogP contribution in [0.15, 0.2) is 50.9 Å². The molecule has 0 aromatic carbocycles. The maximum absolute atomic E-state index is 12.0. The lowest BCUT2D eigenvalue weighted by Gasteiger charge is -2.02. The third-order valence-corrected chi connectivity index (χ3v) is 3.54. The molecule has 1 atom stereocenters. The van der Waals surface area contributed by atoms with Crippen molar-refractivity contribution in [1.29, 1.82) is 0 Å². The Bertz CT molecular complexity index is 581. The highest BCUT2D eigenvalue weighted by Crippen LogP contribution is 2.35. The predicted molar refractivity (Wildman–Crippen MR) is 64.1 cm³/mol. The summed E-state index contributed by atoms with van der Waals surface area (Å²) in [6.07, 6.45) is 6.04. The number of ketones is 2. The van der Waals surface area contributed by atoms with Crippen molar-refractivity contribution in [2.24, 2.45) is 4.99 Å². The standard InChI is InChI=1S/C12H7NO3S/c14-7-3-4-8-10(6-7)17-12(13-8)11(15)9-2-1-5-16-9/h1-6,12H. The summed E-state index contributed by atoms with van der Waals surface area (Å²) in [6, 6.07) is 3.27. The first-order valence-corrected chi connectivity index (χ1v) is 5.88. The summed E-state index contributed by atoms with van der Waals surface area (Å²) in [5.74, 6) is 0.0441. The number of rotatable bonds is 2. The van der Waals surface area contributed by atoms with Gasteiger partial charge < -0.3 is 4.42 Å². The molecule has 0 saturated heterocycles. The number of aliphatic imine (C=N–C) groups is 1. The van der Waals surface area contributed by atoms with Gasteiger partial charge in [0.1, 0.15) is 0 Å². The van der Waals surface area contributed by atoms with Gasteiger partial charge in [-0.3, -0.25) is 14.6 Å². The third-order valence-electron chi connectivity index (χ3n) is 2.41. The van der Waals surface area contributed by atoms with Gasteiger partial charge in [0.05, 0.1) is 12.0 Å². The number of carbonyl (C=O) groups is 2. The van der Waals surface area contributed by atoms with Gasteiger partial charge in [-0.05, 0) is 24.3 Å². The summed E-state index contributed by atoms with van der Waals surface area (Å²) in [7, 11) is 0. The van der Waals surface area contributed by atoms with Crippen molar-refractivity contribution in [2.75, 3.05) is 0 Å². The largest absolute Gasteiger partial charge is 0.461 e. The van der Waals surface area contributed by atoms with Gasteiger partial charge in [-0.15, -0.1) is 0 Å². The van der Waals surface area contributed by atoms with Crippen molar-refractivity contribution in [3.8, 4) is 0 Å². The van der Waals surface area contributed by atoms with Crippen molar-refractivity contribution < 1.29 is 14.0 Å². The number of furan rings is 1. The molecule has 84 valence electrons. The van der Waals surface area contributed by atoms with Gasteiger partial charge in [-0.25, -0.2) is 0 Å². The lowest BCUT2D eigenvalue weighted by atomic mass is 10.1. The summed E-state index contributed by atoms with van der Waals surface area (Å²) in [6.45, 7) is 0. The normalized spacial score (nSPS) is 22.1. The van der Waals surface area contributed by atoms with E-state index in [0.29, 0.717) is 11.5 Å². The van der Waals surface area contributed by atoms with Crippen molar-refractivity contribution in [3.05, 3.63) is 47.3 Å². The number of hydrogen-bond donors (Lipinski definition) is 0. The molecule has 1 aromatic rings. The summed E-state index contributed by atoms with van der Waals surface area (Å²) in [5, 5.41) is -0.544. The van der Waals surface area contributed by atoms with E-state index in [0.717, 1.165) is 4.91 Å². The molecule has 1 aromatic heterocycles. The zero-order valence-electron chi connectivity index (χ0n) is 8.62. The van der Waals surface area contributed by atoms with Crippen LogP contribution in [0, 0.1) is 0 Å². The second-order valence-electron chi connectivity index (χ2n) is 3.57. The fourth-order valence-electron chi connectivity index (χ4n) is 1.62. The number of thioether (sulfide) groups is 1. The quantitative estimate of drug-likeness (QED) is 0.590. The smallest absolute Gasteiger partial charge is 0.232 e. The van der Waals surface area contributed by atoms with E-state index in [2.05, 4.69) is 4.99 Å². The molecule has 0 N–H and O–H groups in total.